The standard InChI is InChI=1S/C8H11FN4O3S/c9-4-5(15)3(1-14)17-6(4)13-2-11-7(10)12-8(13)16/h2-6,14-15H,1H2,(H2,10,12,16)/t3-,4-,5-,6-/m1/s1. The van der Waals surface area contributed by atoms with Crippen LogP contribution in [0.1, 0.15) is 5.37 Å². The number of nitrogens with two attached hydrogens (primary N) is 1. The number of rotatable bonds is 2. The summed E-state index contributed by atoms with van der Waals surface area (Å²) in [5.74, 6) is -0.191. The van der Waals surface area contributed by atoms with E-state index in [9.17, 15) is 14.3 Å². The zero-order valence-electron chi connectivity index (χ0n) is 8.60. The average molecular weight is 262 g/mol. The van der Waals surface area contributed by atoms with Crippen LogP contribution in [0.2, 0.25) is 0 Å². The van der Waals surface area contributed by atoms with Crippen LogP contribution in [-0.2, 0) is 0 Å². The number of aliphatic hydroxyl groups excluding tert-OH is 2. The lowest BCUT2D eigenvalue weighted by Gasteiger charge is -2.14. The summed E-state index contributed by atoms with van der Waals surface area (Å²) in [4.78, 5) is 18.5. The van der Waals surface area contributed by atoms with Crippen molar-refractivity contribution in [2.45, 2.75) is 22.9 Å². The Bertz CT molecular complexity index is 470. The molecule has 0 aromatic carbocycles. The van der Waals surface area contributed by atoms with Crippen LogP contribution in [0, 0.1) is 0 Å². The zero-order chi connectivity index (χ0) is 12.6. The van der Waals surface area contributed by atoms with Gasteiger partial charge in [0.1, 0.15) is 17.8 Å². The van der Waals surface area contributed by atoms with Crippen LogP contribution in [0.15, 0.2) is 11.1 Å². The maximum atomic E-state index is 13.8. The Kier molecular flexibility index (Phi) is 3.31. The van der Waals surface area contributed by atoms with Crippen LogP contribution in [0.4, 0.5) is 10.3 Å². The van der Waals surface area contributed by atoms with Crippen molar-refractivity contribution in [3.8, 4) is 0 Å². The van der Waals surface area contributed by atoms with E-state index in [0.29, 0.717) is 0 Å². The van der Waals surface area contributed by atoms with Crippen LogP contribution in [-0.4, -0.2) is 48.9 Å². The number of hydrogen-bond acceptors (Lipinski definition) is 7. The Morgan fingerprint density at radius 2 is 2.35 bits per heavy atom. The van der Waals surface area contributed by atoms with E-state index in [1.807, 2.05) is 0 Å². The predicted octanol–water partition coefficient (Wildman–Crippen LogP) is -1.47. The molecule has 0 radical (unpaired) electrons. The summed E-state index contributed by atoms with van der Waals surface area (Å²) in [6.45, 7) is -0.368. The van der Waals surface area contributed by atoms with E-state index in [1.54, 1.807) is 0 Å². The fourth-order valence-electron chi connectivity index (χ4n) is 1.61. The molecule has 1 saturated heterocycles. The first kappa shape index (κ1) is 12.3. The lowest BCUT2D eigenvalue weighted by Crippen LogP contribution is -2.33. The van der Waals surface area contributed by atoms with Gasteiger partial charge in [0.2, 0.25) is 5.95 Å². The molecule has 94 valence electrons. The number of alkyl halides is 1. The van der Waals surface area contributed by atoms with Gasteiger partial charge in [-0.3, -0.25) is 4.57 Å². The van der Waals surface area contributed by atoms with E-state index >= 15 is 0 Å². The topological polar surface area (TPSA) is 114 Å². The van der Waals surface area contributed by atoms with Gasteiger partial charge in [0.15, 0.2) is 6.17 Å². The van der Waals surface area contributed by atoms with Crippen molar-refractivity contribution in [2.24, 2.45) is 0 Å². The first-order valence-corrected chi connectivity index (χ1v) is 5.78. The minimum atomic E-state index is -1.66. The van der Waals surface area contributed by atoms with Gasteiger partial charge in [0.05, 0.1) is 11.9 Å². The van der Waals surface area contributed by atoms with E-state index in [0.717, 1.165) is 22.7 Å². The first-order valence-electron chi connectivity index (χ1n) is 4.83. The summed E-state index contributed by atoms with van der Waals surface area (Å²) in [6, 6.07) is 0. The van der Waals surface area contributed by atoms with Gasteiger partial charge < -0.3 is 15.9 Å². The van der Waals surface area contributed by atoms with Gasteiger partial charge in [-0.25, -0.2) is 14.2 Å². The number of halogens is 1. The smallest absolute Gasteiger partial charge is 0.353 e. The highest BCUT2D eigenvalue weighted by atomic mass is 32.2. The predicted molar refractivity (Wildman–Crippen MR) is 59.1 cm³/mol. The quantitative estimate of drug-likeness (QED) is 0.596. The Labute approximate surface area is 99.5 Å². The lowest BCUT2D eigenvalue weighted by molar-refractivity contribution is 0.0630. The maximum Gasteiger partial charge on any atom is 0.353 e. The van der Waals surface area contributed by atoms with Crippen LogP contribution in [0.3, 0.4) is 0 Å². The van der Waals surface area contributed by atoms with Crippen LogP contribution in [0.5, 0.6) is 0 Å². The van der Waals surface area contributed by atoms with Crippen LogP contribution < -0.4 is 11.4 Å². The van der Waals surface area contributed by atoms with Crippen molar-refractivity contribution in [1.82, 2.24) is 14.5 Å². The number of aromatic nitrogens is 3. The molecule has 1 aromatic heterocycles. The summed E-state index contributed by atoms with van der Waals surface area (Å²) in [7, 11) is 0. The Hall–Kier alpha value is -1.19. The fourth-order valence-corrected chi connectivity index (χ4v) is 2.95. The molecule has 0 bridgehead atoms. The van der Waals surface area contributed by atoms with Crippen molar-refractivity contribution >= 4 is 17.7 Å². The Balaban J connectivity index is 2.32. The molecule has 1 aliphatic rings. The molecule has 0 aliphatic carbocycles. The van der Waals surface area contributed by atoms with E-state index in [-0.39, 0.29) is 12.6 Å². The highest BCUT2D eigenvalue weighted by Gasteiger charge is 2.44. The second-order valence-corrected chi connectivity index (χ2v) is 4.95. The molecule has 2 rings (SSSR count). The van der Waals surface area contributed by atoms with Crippen LogP contribution in [0.25, 0.3) is 0 Å². The van der Waals surface area contributed by atoms with Gasteiger partial charge in [0, 0.05) is 0 Å². The Morgan fingerprint density at radius 3 is 2.88 bits per heavy atom. The number of aliphatic hydroxyl groups is 2. The molecular weight excluding hydrogens is 251 g/mol. The summed E-state index contributed by atoms with van der Waals surface area (Å²) < 4.78 is 14.7. The number of hydrogen-bond donors (Lipinski definition) is 3. The van der Waals surface area contributed by atoms with Crippen molar-refractivity contribution in [2.75, 3.05) is 12.3 Å². The molecule has 0 saturated carbocycles. The van der Waals surface area contributed by atoms with Gasteiger partial charge >= 0.3 is 5.69 Å². The van der Waals surface area contributed by atoms with E-state index in [4.69, 9.17) is 10.8 Å². The van der Waals surface area contributed by atoms with Crippen molar-refractivity contribution < 1.29 is 14.6 Å². The summed E-state index contributed by atoms with van der Waals surface area (Å²) in [5, 5.41) is 16.8. The van der Waals surface area contributed by atoms with Crippen molar-refractivity contribution in [1.29, 1.82) is 0 Å². The van der Waals surface area contributed by atoms with Crippen molar-refractivity contribution in [3.05, 3.63) is 16.8 Å². The molecule has 0 amide bonds. The minimum Gasteiger partial charge on any atom is -0.395 e. The van der Waals surface area contributed by atoms with Crippen molar-refractivity contribution in [3.63, 3.8) is 0 Å². The lowest BCUT2D eigenvalue weighted by atomic mass is 10.1. The monoisotopic (exact) mass is 262 g/mol. The average Bonchev–Trinajstić information content (AvgIpc) is 2.57. The summed E-state index contributed by atoms with van der Waals surface area (Å²) in [5.41, 5.74) is 4.48. The number of thioether (sulfide) groups is 1. The van der Waals surface area contributed by atoms with Crippen LogP contribution >= 0.6 is 11.8 Å². The van der Waals surface area contributed by atoms with Gasteiger partial charge in [-0.05, 0) is 0 Å². The van der Waals surface area contributed by atoms with E-state index in [1.165, 1.54) is 0 Å². The summed E-state index contributed by atoms with van der Waals surface area (Å²) >= 11 is 0.967. The molecule has 0 spiro atoms. The third kappa shape index (κ3) is 2.13. The fraction of sp³-hybridized carbons (Fsp3) is 0.625. The van der Waals surface area contributed by atoms with Gasteiger partial charge in [0.25, 0.3) is 0 Å². The molecule has 17 heavy (non-hydrogen) atoms. The van der Waals surface area contributed by atoms with E-state index in [2.05, 4.69) is 9.97 Å². The number of anilines is 1. The highest BCUT2D eigenvalue weighted by molar-refractivity contribution is 8.00. The van der Waals surface area contributed by atoms with Gasteiger partial charge in [-0.15, -0.1) is 11.8 Å². The molecule has 1 aliphatic heterocycles. The molecule has 7 nitrogen and oxygen atoms in total. The maximum absolute atomic E-state index is 13.8. The second kappa shape index (κ2) is 4.59. The minimum absolute atomic E-state index is 0.191. The third-order valence-corrected chi connectivity index (χ3v) is 4.04. The normalized spacial score (nSPS) is 32.9. The molecule has 1 aromatic rings. The van der Waals surface area contributed by atoms with Gasteiger partial charge in [-0.1, -0.05) is 0 Å². The van der Waals surface area contributed by atoms with E-state index < -0.39 is 28.6 Å². The molecule has 9 heteroatoms. The molecule has 1 fully saturated rings. The summed E-state index contributed by atoms with van der Waals surface area (Å²) in [6.07, 6.45) is -1.90. The first-order chi connectivity index (χ1) is 8.04. The molecule has 0 unspecified atom stereocenters. The number of nitrogen functional groups attached to an aromatic ring is 1. The largest absolute Gasteiger partial charge is 0.395 e. The SMILES string of the molecule is Nc1ncn([C@@H]2S[C@H](CO)[C@@H](O)[C@H]2F)c(=O)n1. The zero-order valence-corrected chi connectivity index (χ0v) is 9.42. The molecule has 2 heterocycles. The molecule has 4 N–H and O–H groups in total. The van der Waals surface area contributed by atoms with Gasteiger partial charge in [-0.2, -0.15) is 4.98 Å². The molecule has 4 atom stereocenters. The molecular formula is C8H11FN4O3S. The second-order valence-electron chi connectivity index (χ2n) is 3.59. The highest BCUT2D eigenvalue weighted by Crippen LogP contribution is 2.42. The third-order valence-electron chi connectivity index (χ3n) is 2.49. The Morgan fingerprint density at radius 1 is 1.65 bits per heavy atom. The number of nitrogens with zero attached hydrogens (tertiary/aromatic N) is 3.